The van der Waals surface area contributed by atoms with Crippen LogP contribution in [-0.2, 0) is 16.1 Å². The smallest absolute Gasteiger partial charge is 0.340 e. The van der Waals surface area contributed by atoms with Gasteiger partial charge in [0.05, 0.1) is 25.5 Å². The average molecular weight is 377 g/mol. The van der Waals surface area contributed by atoms with Crippen molar-refractivity contribution in [3.63, 3.8) is 0 Å². The van der Waals surface area contributed by atoms with E-state index in [1.54, 1.807) is 27.7 Å². The first-order valence-corrected chi connectivity index (χ1v) is 8.19. The van der Waals surface area contributed by atoms with Gasteiger partial charge in [0, 0.05) is 17.5 Å². The van der Waals surface area contributed by atoms with Crippen LogP contribution >= 0.6 is 0 Å². The Morgan fingerprint density at radius 1 is 1.15 bits per heavy atom. The predicted molar refractivity (Wildman–Crippen MR) is 95.8 cm³/mol. The Labute approximate surface area is 157 Å². The van der Waals surface area contributed by atoms with E-state index in [4.69, 9.17) is 18.7 Å². The summed E-state index contributed by atoms with van der Waals surface area (Å²) in [5.74, 6) is 0.344. The molecule has 0 aliphatic heterocycles. The topological polar surface area (TPSA) is 113 Å². The Morgan fingerprint density at radius 3 is 2.30 bits per heavy atom. The number of benzene rings is 1. The van der Waals surface area contributed by atoms with Crippen molar-refractivity contribution in [2.24, 2.45) is 5.41 Å². The lowest BCUT2D eigenvalue weighted by Crippen LogP contribution is -2.28. The van der Waals surface area contributed by atoms with Gasteiger partial charge in [-0.2, -0.15) is 4.98 Å². The van der Waals surface area contributed by atoms with E-state index in [-0.39, 0.29) is 29.7 Å². The number of nitrogens with one attached hydrogen (secondary N) is 1. The second-order valence-electron chi connectivity index (χ2n) is 6.77. The van der Waals surface area contributed by atoms with Gasteiger partial charge < -0.3 is 24.1 Å². The van der Waals surface area contributed by atoms with E-state index in [9.17, 15) is 9.59 Å². The maximum absolute atomic E-state index is 12.6. The monoisotopic (exact) mass is 377 g/mol. The Kier molecular flexibility index (Phi) is 6.04. The quantitative estimate of drug-likeness (QED) is 0.765. The van der Waals surface area contributed by atoms with Gasteiger partial charge in [0.15, 0.2) is 23.9 Å². The summed E-state index contributed by atoms with van der Waals surface area (Å²) in [6, 6.07) is 2.95. The van der Waals surface area contributed by atoms with Crippen molar-refractivity contribution in [2.75, 3.05) is 19.5 Å². The van der Waals surface area contributed by atoms with Gasteiger partial charge in [0.2, 0.25) is 5.91 Å². The summed E-state index contributed by atoms with van der Waals surface area (Å²) in [4.78, 5) is 28.9. The lowest BCUT2D eigenvalue weighted by Gasteiger charge is -2.20. The van der Waals surface area contributed by atoms with Crippen LogP contribution in [0.15, 0.2) is 16.7 Å². The van der Waals surface area contributed by atoms with Gasteiger partial charge in [-0.1, -0.05) is 25.9 Å². The molecule has 9 nitrogen and oxygen atoms in total. The molecule has 0 unspecified atom stereocenters. The molecule has 0 fully saturated rings. The highest BCUT2D eigenvalue weighted by Gasteiger charge is 2.25. The number of nitrogens with zero attached hydrogens (tertiary/aromatic N) is 2. The Morgan fingerprint density at radius 2 is 1.78 bits per heavy atom. The Balaban J connectivity index is 2.32. The molecule has 146 valence electrons. The van der Waals surface area contributed by atoms with Gasteiger partial charge in [-0.25, -0.2) is 4.79 Å². The number of carbonyl (C=O) groups excluding carboxylic acids is 2. The molecule has 9 heteroatoms. The SMILES string of the molecule is COc1cc(NC(=O)C(C)(C)C)c(C(=O)OCc2nc(C)no2)cc1OC. The number of hydrogen-bond acceptors (Lipinski definition) is 8. The van der Waals surface area contributed by atoms with Crippen molar-refractivity contribution < 1.29 is 28.3 Å². The van der Waals surface area contributed by atoms with E-state index in [1.165, 1.54) is 26.4 Å². The van der Waals surface area contributed by atoms with Gasteiger partial charge in [-0.05, 0) is 6.92 Å². The normalized spacial score (nSPS) is 11.0. The first-order valence-electron chi connectivity index (χ1n) is 8.19. The first kappa shape index (κ1) is 20.2. The third-order valence-electron chi connectivity index (χ3n) is 3.57. The third-order valence-corrected chi connectivity index (χ3v) is 3.57. The fraction of sp³-hybridized carbons (Fsp3) is 0.444. The second-order valence-corrected chi connectivity index (χ2v) is 6.77. The molecular formula is C18H23N3O6. The third kappa shape index (κ3) is 4.96. The molecule has 0 atom stereocenters. The number of esters is 1. The number of aromatic nitrogens is 2. The predicted octanol–water partition coefficient (Wildman–Crippen LogP) is 2.74. The summed E-state index contributed by atoms with van der Waals surface area (Å²) in [5, 5.41) is 6.36. The standard InChI is InChI=1S/C18H23N3O6/c1-10-19-15(27-21-10)9-26-16(22)11-7-13(24-5)14(25-6)8-12(11)20-17(23)18(2,3)4/h7-8H,9H2,1-6H3,(H,20,23). The number of amides is 1. The van der Waals surface area contributed by atoms with E-state index >= 15 is 0 Å². The number of carbonyl (C=O) groups is 2. The maximum atomic E-state index is 12.6. The summed E-state index contributed by atoms with van der Waals surface area (Å²) in [6.45, 7) is 6.75. The van der Waals surface area contributed by atoms with Gasteiger partial charge in [0.25, 0.3) is 5.89 Å². The minimum atomic E-state index is -0.684. The molecule has 2 rings (SSSR count). The summed E-state index contributed by atoms with van der Waals surface area (Å²) in [7, 11) is 2.91. The number of ether oxygens (including phenoxy) is 3. The van der Waals surface area contributed by atoms with Crippen LogP contribution in [0.1, 0.15) is 42.8 Å². The molecule has 2 aromatic rings. The van der Waals surface area contributed by atoms with Crippen molar-refractivity contribution in [1.29, 1.82) is 0 Å². The molecule has 0 radical (unpaired) electrons. The van der Waals surface area contributed by atoms with Crippen LogP contribution in [-0.4, -0.2) is 36.2 Å². The molecule has 1 aromatic carbocycles. The van der Waals surface area contributed by atoms with Crippen LogP contribution in [0.5, 0.6) is 11.5 Å². The fourth-order valence-electron chi connectivity index (χ4n) is 2.06. The van der Waals surface area contributed by atoms with E-state index < -0.39 is 11.4 Å². The number of aryl methyl sites for hydroxylation is 1. The zero-order valence-corrected chi connectivity index (χ0v) is 16.2. The minimum Gasteiger partial charge on any atom is -0.493 e. The first-order chi connectivity index (χ1) is 12.7. The summed E-state index contributed by atoms with van der Waals surface area (Å²) < 4.78 is 20.6. The lowest BCUT2D eigenvalue weighted by molar-refractivity contribution is -0.123. The number of hydrogen-bond donors (Lipinski definition) is 1. The molecule has 0 saturated heterocycles. The molecule has 0 bridgehead atoms. The molecule has 0 aliphatic rings. The fourth-order valence-corrected chi connectivity index (χ4v) is 2.06. The van der Waals surface area contributed by atoms with E-state index in [0.29, 0.717) is 17.3 Å². The van der Waals surface area contributed by atoms with Gasteiger partial charge in [0.1, 0.15) is 0 Å². The van der Waals surface area contributed by atoms with Crippen LogP contribution in [0.4, 0.5) is 5.69 Å². The second kappa shape index (κ2) is 8.07. The minimum absolute atomic E-state index is 0.112. The molecule has 0 saturated carbocycles. The zero-order valence-electron chi connectivity index (χ0n) is 16.2. The highest BCUT2D eigenvalue weighted by atomic mass is 16.6. The molecule has 27 heavy (non-hydrogen) atoms. The lowest BCUT2D eigenvalue weighted by atomic mass is 9.95. The summed E-state index contributed by atoms with van der Waals surface area (Å²) in [5.41, 5.74) is -0.295. The summed E-state index contributed by atoms with van der Waals surface area (Å²) >= 11 is 0. The van der Waals surface area contributed by atoms with Crippen LogP contribution in [0.25, 0.3) is 0 Å². The molecule has 0 spiro atoms. The van der Waals surface area contributed by atoms with E-state index in [1.807, 2.05) is 0 Å². The Bertz CT molecular complexity index is 838. The van der Waals surface area contributed by atoms with Gasteiger partial charge in [-0.15, -0.1) is 0 Å². The van der Waals surface area contributed by atoms with Gasteiger partial charge in [-0.3, -0.25) is 4.79 Å². The molecule has 1 amide bonds. The van der Waals surface area contributed by atoms with Crippen molar-refractivity contribution >= 4 is 17.6 Å². The molecule has 1 heterocycles. The number of rotatable bonds is 6. The Hall–Kier alpha value is -3.10. The maximum Gasteiger partial charge on any atom is 0.340 e. The van der Waals surface area contributed by atoms with Crippen LogP contribution < -0.4 is 14.8 Å². The molecular weight excluding hydrogens is 354 g/mol. The average Bonchev–Trinajstić information content (AvgIpc) is 3.03. The highest BCUT2D eigenvalue weighted by molar-refractivity contribution is 6.03. The number of methoxy groups -OCH3 is 2. The molecule has 1 aromatic heterocycles. The highest BCUT2D eigenvalue weighted by Crippen LogP contribution is 2.34. The zero-order chi connectivity index (χ0) is 20.2. The van der Waals surface area contributed by atoms with Gasteiger partial charge >= 0.3 is 5.97 Å². The van der Waals surface area contributed by atoms with Crippen LogP contribution in [0.2, 0.25) is 0 Å². The van der Waals surface area contributed by atoms with Crippen LogP contribution in [0.3, 0.4) is 0 Å². The van der Waals surface area contributed by atoms with Crippen LogP contribution in [0, 0.1) is 12.3 Å². The summed E-state index contributed by atoms with van der Waals surface area (Å²) in [6.07, 6.45) is 0. The molecule has 1 N–H and O–H groups in total. The molecule has 0 aliphatic carbocycles. The van der Waals surface area contributed by atoms with Crippen molar-refractivity contribution in [3.05, 3.63) is 29.4 Å². The number of anilines is 1. The van der Waals surface area contributed by atoms with Crippen molar-refractivity contribution in [2.45, 2.75) is 34.3 Å². The van der Waals surface area contributed by atoms with Crippen molar-refractivity contribution in [3.8, 4) is 11.5 Å². The van der Waals surface area contributed by atoms with Crippen molar-refractivity contribution in [1.82, 2.24) is 10.1 Å². The van der Waals surface area contributed by atoms with E-state index in [2.05, 4.69) is 15.5 Å². The largest absolute Gasteiger partial charge is 0.493 e. The van der Waals surface area contributed by atoms with E-state index in [0.717, 1.165) is 0 Å².